The number of nitrogens with zero attached hydrogens (tertiary/aromatic N) is 1. The molecule has 1 unspecified atom stereocenters. The highest BCUT2D eigenvalue weighted by molar-refractivity contribution is 5.32. The molecule has 0 heterocycles. The Morgan fingerprint density at radius 1 is 1.18 bits per heavy atom. The lowest BCUT2D eigenvalue weighted by Crippen LogP contribution is -2.17. The maximum atomic E-state index is 8.79. The van der Waals surface area contributed by atoms with Crippen molar-refractivity contribution in [2.45, 2.75) is 38.2 Å². The first kappa shape index (κ1) is 12.1. The molecule has 1 aromatic rings. The van der Waals surface area contributed by atoms with Crippen LogP contribution in [0.25, 0.3) is 0 Å². The largest absolute Gasteiger partial charge is 0.376 e. The molecule has 2 rings (SSSR count). The third-order valence-electron chi connectivity index (χ3n) is 3.70. The van der Waals surface area contributed by atoms with Crippen LogP contribution in [0.1, 0.15) is 49.3 Å². The summed E-state index contributed by atoms with van der Waals surface area (Å²) in [4.78, 5) is 0. The van der Waals surface area contributed by atoms with Crippen molar-refractivity contribution in [1.29, 1.82) is 5.26 Å². The summed E-state index contributed by atoms with van der Waals surface area (Å²) in [6.07, 6.45) is 6.72. The highest BCUT2D eigenvalue weighted by Crippen LogP contribution is 2.36. The highest BCUT2D eigenvalue weighted by Gasteiger charge is 2.24. The van der Waals surface area contributed by atoms with E-state index in [-0.39, 0.29) is 6.10 Å². The summed E-state index contributed by atoms with van der Waals surface area (Å²) < 4.78 is 5.67. The minimum absolute atomic E-state index is 0.197. The lowest BCUT2D eigenvalue weighted by Gasteiger charge is -2.29. The van der Waals surface area contributed by atoms with Crippen LogP contribution in [-0.4, -0.2) is 7.11 Å². The quantitative estimate of drug-likeness (QED) is 0.789. The van der Waals surface area contributed by atoms with E-state index in [9.17, 15) is 0 Å². The molecule has 2 heteroatoms. The molecule has 90 valence electrons. The molecular formula is C15H19NO. The van der Waals surface area contributed by atoms with E-state index in [0.29, 0.717) is 11.5 Å². The van der Waals surface area contributed by atoms with Gasteiger partial charge < -0.3 is 4.74 Å². The van der Waals surface area contributed by atoms with Crippen molar-refractivity contribution in [3.05, 3.63) is 35.4 Å². The molecule has 1 aromatic carbocycles. The Bertz CT molecular complexity index is 384. The smallest absolute Gasteiger partial charge is 0.0991 e. The van der Waals surface area contributed by atoms with Crippen molar-refractivity contribution in [2.24, 2.45) is 5.92 Å². The van der Waals surface area contributed by atoms with Crippen LogP contribution in [0.2, 0.25) is 0 Å². The maximum Gasteiger partial charge on any atom is 0.0991 e. The lowest BCUT2D eigenvalue weighted by atomic mass is 9.82. The minimum Gasteiger partial charge on any atom is -0.376 e. The van der Waals surface area contributed by atoms with Crippen LogP contribution in [0.15, 0.2) is 24.3 Å². The Labute approximate surface area is 103 Å². The molecule has 1 atom stereocenters. The molecule has 0 radical (unpaired) electrons. The van der Waals surface area contributed by atoms with E-state index >= 15 is 0 Å². The summed E-state index contributed by atoms with van der Waals surface area (Å²) in [5, 5.41) is 8.79. The fourth-order valence-corrected chi connectivity index (χ4v) is 2.78. The van der Waals surface area contributed by atoms with Crippen LogP contribution in [-0.2, 0) is 4.74 Å². The number of hydrogen-bond acceptors (Lipinski definition) is 2. The zero-order chi connectivity index (χ0) is 12.1. The zero-order valence-electron chi connectivity index (χ0n) is 10.4. The fraction of sp³-hybridized carbons (Fsp3) is 0.533. The Hall–Kier alpha value is -1.33. The first-order valence-electron chi connectivity index (χ1n) is 6.38. The van der Waals surface area contributed by atoms with E-state index in [1.54, 1.807) is 7.11 Å². The highest BCUT2D eigenvalue weighted by atomic mass is 16.5. The number of rotatable bonds is 3. The van der Waals surface area contributed by atoms with Gasteiger partial charge in [0, 0.05) is 7.11 Å². The number of benzene rings is 1. The van der Waals surface area contributed by atoms with Crippen molar-refractivity contribution in [2.75, 3.05) is 7.11 Å². The number of nitriles is 1. The summed E-state index contributed by atoms with van der Waals surface area (Å²) in [6.45, 7) is 0. The number of ether oxygens (including phenoxy) is 1. The molecule has 1 aliphatic rings. The molecule has 0 spiro atoms. The molecular weight excluding hydrogens is 210 g/mol. The Balaban J connectivity index is 2.13. The van der Waals surface area contributed by atoms with E-state index in [2.05, 4.69) is 6.07 Å². The van der Waals surface area contributed by atoms with Gasteiger partial charge in [0.2, 0.25) is 0 Å². The van der Waals surface area contributed by atoms with Gasteiger partial charge >= 0.3 is 0 Å². The maximum absolute atomic E-state index is 8.79. The first-order chi connectivity index (χ1) is 8.35. The van der Waals surface area contributed by atoms with E-state index in [1.165, 1.54) is 37.7 Å². The van der Waals surface area contributed by atoms with Crippen LogP contribution in [0.3, 0.4) is 0 Å². The summed E-state index contributed by atoms with van der Waals surface area (Å²) in [5.74, 6) is 0.640. The fourth-order valence-electron chi connectivity index (χ4n) is 2.78. The van der Waals surface area contributed by atoms with Gasteiger partial charge in [-0.1, -0.05) is 31.4 Å². The summed E-state index contributed by atoms with van der Waals surface area (Å²) >= 11 is 0. The SMILES string of the molecule is COC(c1ccc(C#N)cc1)C1CCCCC1. The monoisotopic (exact) mass is 229 g/mol. The van der Waals surface area contributed by atoms with Crippen LogP contribution in [0, 0.1) is 17.2 Å². The Morgan fingerprint density at radius 3 is 2.35 bits per heavy atom. The van der Waals surface area contributed by atoms with Crippen molar-refractivity contribution in [3.63, 3.8) is 0 Å². The molecule has 0 N–H and O–H groups in total. The van der Waals surface area contributed by atoms with Crippen molar-refractivity contribution >= 4 is 0 Å². The molecule has 1 saturated carbocycles. The molecule has 0 aromatic heterocycles. The average molecular weight is 229 g/mol. The van der Waals surface area contributed by atoms with Crippen LogP contribution in [0.5, 0.6) is 0 Å². The van der Waals surface area contributed by atoms with E-state index in [1.807, 2.05) is 24.3 Å². The standard InChI is InChI=1S/C15H19NO/c1-17-15(13-5-3-2-4-6-13)14-9-7-12(11-16)8-10-14/h7-10,13,15H,2-6H2,1H3. The molecule has 0 aliphatic heterocycles. The second-order valence-corrected chi connectivity index (χ2v) is 4.79. The molecule has 17 heavy (non-hydrogen) atoms. The topological polar surface area (TPSA) is 33.0 Å². The van der Waals surface area contributed by atoms with Crippen molar-refractivity contribution in [3.8, 4) is 6.07 Å². The van der Waals surface area contributed by atoms with Crippen LogP contribution in [0.4, 0.5) is 0 Å². The predicted molar refractivity (Wildman–Crippen MR) is 67.5 cm³/mol. The number of methoxy groups -OCH3 is 1. The van der Waals surface area contributed by atoms with Crippen LogP contribution >= 0.6 is 0 Å². The molecule has 0 bridgehead atoms. The van der Waals surface area contributed by atoms with E-state index in [4.69, 9.17) is 10.00 Å². The average Bonchev–Trinajstić information content (AvgIpc) is 2.42. The van der Waals surface area contributed by atoms with Gasteiger partial charge in [-0.25, -0.2) is 0 Å². The second kappa shape index (κ2) is 5.84. The zero-order valence-corrected chi connectivity index (χ0v) is 10.4. The molecule has 1 fully saturated rings. The molecule has 0 amide bonds. The van der Waals surface area contributed by atoms with Gasteiger partial charge in [-0.05, 0) is 36.5 Å². The second-order valence-electron chi connectivity index (χ2n) is 4.79. The Kier molecular flexibility index (Phi) is 4.17. The van der Waals surface area contributed by atoms with Gasteiger partial charge in [0.25, 0.3) is 0 Å². The summed E-state index contributed by atoms with van der Waals surface area (Å²) in [7, 11) is 1.79. The van der Waals surface area contributed by atoms with Gasteiger partial charge in [-0.3, -0.25) is 0 Å². The van der Waals surface area contributed by atoms with E-state index < -0.39 is 0 Å². The van der Waals surface area contributed by atoms with E-state index in [0.717, 1.165) is 0 Å². The lowest BCUT2D eigenvalue weighted by molar-refractivity contribution is 0.0354. The number of hydrogen-bond donors (Lipinski definition) is 0. The summed E-state index contributed by atoms with van der Waals surface area (Å²) in [6, 6.07) is 9.97. The van der Waals surface area contributed by atoms with Crippen molar-refractivity contribution in [1.82, 2.24) is 0 Å². The summed E-state index contributed by atoms with van der Waals surface area (Å²) in [5.41, 5.74) is 1.92. The normalized spacial score (nSPS) is 18.6. The van der Waals surface area contributed by atoms with Gasteiger partial charge in [-0.15, -0.1) is 0 Å². The van der Waals surface area contributed by atoms with Gasteiger partial charge in [0.15, 0.2) is 0 Å². The third kappa shape index (κ3) is 2.87. The van der Waals surface area contributed by atoms with Gasteiger partial charge in [0.05, 0.1) is 17.7 Å². The Morgan fingerprint density at radius 2 is 1.82 bits per heavy atom. The minimum atomic E-state index is 0.197. The van der Waals surface area contributed by atoms with Crippen molar-refractivity contribution < 1.29 is 4.74 Å². The predicted octanol–water partition coefficient (Wildman–Crippen LogP) is 3.83. The van der Waals surface area contributed by atoms with Gasteiger partial charge in [0.1, 0.15) is 0 Å². The molecule has 2 nitrogen and oxygen atoms in total. The molecule has 0 saturated heterocycles. The van der Waals surface area contributed by atoms with Gasteiger partial charge in [-0.2, -0.15) is 5.26 Å². The third-order valence-corrected chi connectivity index (χ3v) is 3.70. The first-order valence-corrected chi connectivity index (χ1v) is 6.38. The molecule has 1 aliphatic carbocycles. The van der Waals surface area contributed by atoms with Crippen LogP contribution < -0.4 is 0 Å².